The molecule has 1 aromatic heterocycles. The molecule has 0 bridgehead atoms. The highest BCUT2D eigenvalue weighted by Crippen LogP contribution is 2.25. The maximum atomic E-state index is 13.2. The highest BCUT2D eigenvalue weighted by molar-refractivity contribution is 6.33. The quantitative estimate of drug-likeness (QED) is 0.311. The first-order valence-electron chi connectivity index (χ1n) is 11.9. The van der Waals surface area contributed by atoms with Gasteiger partial charge in [-0.15, -0.1) is 0 Å². The first kappa shape index (κ1) is 25.2. The normalized spacial score (nSPS) is 10.9. The molecule has 0 aliphatic carbocycles. The summed E-state index contributed by atoms with van der Waals surface area (Å²) in [6, 6.07) is 24.6. The molecule has 0 saturated heterocycles. The zero-order valence-corrected chi connectivity index (χ0v) is 21.4. The Bertz CT molecular complexity index is 1350. The van der Waals surface area contributed by atoms with Crippen LogP contribution in [0.4, 0.5) is 5.95 Å². The number of imidazole rings is 1. The standard InChI is InChI=1S/C29H29ClN4O2/c1-20(2)17-33(28(36)24-11-7-8-12-25(24)30)19-27(35)32-29-31-26(22-9-5-4-6-10-22)18-34(29)23-15-13-21(3)14-16-23/h4-16,18,20H,17,19H2,1-3H3,(H,31,32,35). The van der Waals surface area contributed by atoms with Crippen LogP contribution in [0.3, 0.4) is 0 Å². The molecule has 0 fully saturated rings. The van der Waals surface area contributed by atoms with Crippen LogP contribution < -0.4 is 5.32 Å². The number of nitrogens with one attached hydrogen (secondary N) is 1. The first-order valence-corrected chi connectivity index (χ1v) is 12.2. The number of halogens is 1. The zero-order chi connectivity index (χ0) is 25.7. The third kappa shape index (κ3) is 6.01. The van der Waals surface area contributed by atoms with Crippen molar-refractivity contribution in [2.24, 2.45) is 5.92 Å². The van der Waals surface area contributed by atoms with E-state index in [1.165, 1.54) is 4.90 Å². The smallest absolute Gasteiger partial charge is 0.255 e. The Labute approximate surface area is 216 Å². The largest absolute Gasteiger partial charge is 0.329 e. The molecule has 184 valence electrons. The molecule has 2 amide bonds. The summed E-state index contributed by atoms with van der Waals surface area (Å²) < 4.78 is 1.85. The summed E-state index contributed by atoms with van der Waals surface area (Å²) in [5.41, 5.74) is 4.05. The van der Waals surface area contributed by atoms with Crippen LogP contribution >= 0.6 is 11.6 Å². The van der Waals surface area contributed by atoms with Crippen molar-refractivity contribution < 1.29 is 9.59 Å². The van der Waals surface area contributed by atoms with E-state index in [-0.39, 0.29) is 24.3 Å². The molecule has 3 aromatic carbocycles. The third-order valence-electron chi connectivity index (χ3n) is 5.65. The van der Waals surface area contributed by atoms with Crippen molar-refractivity contribution >= 4 is 29.4 Å². The molecule has 7 heteroatoms. The highest BCUT2D eigenvalue weighted by atomic mass is 35.5. The van der Waals surface area contributed by atoms with Gasteiger partial charge in [0.05, 0.1) is 16.3 Å². The average molecular weight is 501 g/mol. The summed E-state index contributed by atoms with van der Waals surface area (Å²) in [6.45, 7) is 6.32. The second-order valence-electron chi connectivity index (χ2n) is 9.13. The van der Waals surface area contributed by atoms with Gasteiger partial charge in [-0.2, -0.15) is 0 Å². The fraction of sp³-hybridized carbons (Fsp3) is 0.207. The Morgan fingerprint density at radius 3 is 2.31 bits per heavy atom. The fourth-order valence-electron chi connectivity index (χ4n) is 3.92. The minimum Gasteiger partial charge on any atom is -0.329 e. The number of carbonyl (C=O) groups is 2. The van der Waals surface area contributed by atoms with Crippen molar-refractivity contribution in [1.82, 2.24) is 14.5 Å². The molecule has 4 rings (SSSR count). The van der Waals surface area contributed by atoms with Crippen molar-refractivity contribution in [3.8, 4) is 16.9 Å². The maximum absolute atomic E-state index is 13.2. The van der Waals surface area contributed by atoms with Gasteiger partial charge in [-0.05, 0) is 37.1 Å². The van der Waals surface area contributed by atoms with Gasteiger partial charge in [-0.25, -0.2) is 4.98 Å². The fourth-order valence-corrected chi connectivity index (χ4v) is 4.14. The molecular weight excluding hydrogens is 472 g/mol. The number of rotatable bonds is 8. The van der Waals surface area contributed by atoms with Gasteiger partial charge >= 0.3 is 0 Å². The molecule has 0 atom stereocenters. The molecule has 1 heterocycles. The lowest BCUT2D eigenvalue weighted by atomic mass is 10.1. The van der Waals surface area contributed by atoms with E-state index in [9.17, 15) is 9.59 Å². The van der Waals surface area contributed by atoms with Gasteiger partial charge in [0, 0.05) is 24.0 Å². The summed E-state index contributed by atoms with van der Waals surface area (Å²) in [7, 11) is 0. The monoisotopic (exact) mass is 500 g/mol. The van der Waals surface area contributed by atoms with Crippen LogP contribution in [0.5, 0.6) is 0 Å². The van der Waals surface area contributed by atoms with E-state index in [4.69, 9.17) is 16.6 Å². The van der Waals surface area contributed by atoms with E-state index in [0.717, 1.165) is 22.5 Å². The molecule has 36 heavy (non-hydrogen) atoms. The molecular formula is C29H29ClN4O2. The van der Waals surface area contributed by atoms with E-state index in [1.807, 2.05) is 86.1 Å². The second kappa shape index (κ2) is 11.2. The van der Waals surface area contributed by atoms with E-state index in [0.29, 0.717) is 23.1 Å². The van der Waals surface area contributed by atoms with Gasteiger partial charge in [0.1, 0.15) is 6.54 Å². The van der Waals surface area contributed by atoms with Crippen LogP contribution in [-0.2, 0) is 4.79 Å². The SMILES string of the molecule is Cc1ccc(-n2cc(-c3ccccc3)nc2NC(=O)CN(CC(C)C)C(=O)c2ccccc2Cl)cc1. The van der Waals surface area contributed by atoms with Crippen LogP contribution in [-0.4, -0.2) is 39.4 Å². The van der Waals surface area contributed by atoms with Crippen molar-refractivity contribution in [2.75, 3.05) is 18.4 Å². The number of aryl methyl sites for hydroxylation is 1. The van der Waals surface area contributed by atoms with Crippen LogP contribution in [0, 0.1) is 12.8 Å². The molecule has 0 spiro atoms. The second-order valence-corrected chi connectivity index (χ2v) is 9.54. The first-order chi connectivity index (χ1) is 17.3. The van der Waals surface area contributed by atoms with E-state index < -0.39 is 0 Å². The molecule has 0 aliphatic heterocycles. The van der Waals surface area contributed by atoms with Crippen LogP contribution in [0.2, 0.25) is 5.02 Å². The highest BCUT2D eigenvalue weighted by Gasteiger charge is 2.23. The summed E-state index contributed by atoms with van der Waals surface area (Å²) in [6.07, 6.45) is 1.90. The number of anilines is 1. The number of benzene rings is 3. The minimum absolute atomic E-state index is 0.121. The van der Waals surface area contributed by atoms with E-state index in [2.05, 4.69) is 5.32 Å². The lowest BCUT2D eigenvalue weighted by Gasteiger charge is -2.24. The molecule has 6 nitrogen and oxygen atoms in total. The number of aromatic nitrogens is 2. The van der Waals surface area contributed by atoms with Gasteiger partial charge in [0.2, 0.25) is 11.9 Å². The number of nitrogens with zero attached hydrogens (tertiary/aromatic N) is 3. The Hall–Kier alpha value is -3.90. The summed E-state index contributed by atoms with van der Waals surface area (Å²) in [5.74, 6) is -0.0632. The van der Waals surface area contributed by atoms with Crippen molar-refractivity contribution in [1.29, 1.82) is 0 Å². The summed E-state index contributed by atoms with van der Waals surface area (Å²) >= 11 is 6.27. The Morgan fingerprint density at radius 1 is 0.972 bits per heavy atom. The zero-order valence-electron chi connectivity index (χ0n) is 20.6. The van der Waals surface area contributed by atoms with Gasteiger partial charge < -0.3 is 4.90 Å². The molecule has 1 N–H and O–H groups in total. The van der Waals surface area contributed by atoms with Crippen molar-refractivity contribution in [2.45, 2.75) is 20.8 Å². The average Bonchev–Trinajstić information content (AvgIpc) is 3.28. The van der Waals surface area contributed by atoms with Crippen LogP contribution in [0.25, 0.3) is 16.9 Å². The van der Waals surface area contributed by atoms with Gasteiger partial charge in [-0.3, -0.25) is 19.5 Å². The summed E-state index contributed by atoms with van der Waals surface area (Å²) in [4.78, 5) is 32.7. The van der Waals surface area contributed by atoms with E-state index >= 15 is 0 Å². The van der Waals surface area contributed by atoms with Crippen molar-refractivity contribution in [3.63, 3.8) is 0 Å². The Morgan fingerprint density at radius 2 is 1.64 bits per heavy atom. The van der Waals surface area contributed by atoms with Crippen LogP contribution in [0.1, 0.15) is 29.8 Å². The Kier molecular flexibility index (Phi) is 7.86. The number of amides is 2. The van der Waals surface area contributed by atoms with Gasteiger partial charge in [-0.1, -0.05) is 85.6 Å². The topological polar surface area (TPSA) is 67.2 Å². The van der Waals surface area contributed by atoms with Gasteiger partial charge in [0.25, 0.3) is 5.91 Å². The molecule has 0 aliphatic rings. The number of hydrogen-bond donors (Lipinski definition) is 1. The molecule has 4 aromatic rings. The lowest BCUT2D eigenvalue weighted by Crippen LogP contribution is -2.40. The molecule has 0 unspecified atom stereocenters. The number of carbonyl (C=O) groups excluding carboxylic acids is 2. The predicted molar refractivity (Wildman–Crippen MR) is 145 cm³/mol. The minimum atomic E-state index is -0.338. The third-order valence-corrected chi connectivity index (χ3v) is 5.98. The Balaban J connectivity index is 1.62. The summed E-state index contributed by atoms with van der Waals surface area (Å²) in [5, 5.41) is 3.28. The molecule has 0 saturated carbocycles. The maximum Gasteiger partial charge on any atom is 0.255 e. The van der Waals surface area contributed by atoms with Gasteiger partial charge in [0.15, 0.2) is 0 Å². The lowest BCUT2D eigenvalue weighted by molar-refractivity contribution is -0.117. The molecule has 0 radical (unpaired) electrons. The van der Waals surface area contributed by atoms with Crippen LogP contribution in [0.15, 0.2) is 85.1 Å². The number of hydrogen-bond acceptors (Lipinski definition) is 3. The predicted octanol–water partition coefficient (Wildman–Crippen LogP) is 6.24. The van der Waals surface area contributed by atoms with E-state index in [1.54, 1.807) is 24.3 Å². The van der Waals surface area contributed by atoms with Crippen molar-refractivity contribution in [3.05, 3.63) is 101 Å².